The molecule has 0 aromatic heterocycles. The lowest BCUT2D eigenvalue weighted by Gasteiger charge is -2.07. The van der Waals surface area contributed by atoms with Crippen molar-refractivity contribution in [3.8, 4) is 6.07 Å². The molecule has 0 unspecified atom stereocenters. The number of sulfonamides is 1. The SMILES string of the molecule is N#Cc1cc(S(=O)(=O)NCCC(=O)NC2CC2)ccc1F. The fourth-order valence-corrected chi connectivity index (χ4v) is 2.72. The lowest BCUT2D eigenvalue weighted by Crippen LogP contribution is -2.31. The van der Waals surface area contributed by atoms with Crippen molar-refractivity contribution in [2.45, 2.75) is 30.2 Å². The highest BCUT2D eigenvalue weighted by atomic mass is 32.2. The first-order valence-corrected chi connectivity index (χ1v) is 7.89. The van der Waals surface area contributed by atoms with Gasteiger partial charge in [-0.15, -0.1) is 0 Å². The fraction of sp³-hybridized carbons (Fsp3) is 0.385. The molecule has 1 aromatic rings. The number of hydrogen-bond acceptors (Lipinski definition) is 4. The minimum absolute atomic E-state index is 0.0298. The van der Waals surface area contributed by atoms with Crippen LogP contribution in [0.4, 0.5) is 4.39 Å². The molecule has 1 amide bonds. The fourth-order valence-electron chi connectivity index (χ4n) is 1.67. The predicted molar refractivity (Wildman–Crippen MR) is 72.1 cm³/mol. The summed E-state index contributed by atoms with van der Waals surface area (Å²) < 4.78 is 39.3. The molecule has 0 radical (unpaired) electrons. The van der Waals surface area contributed by atoms with Gasteiger partial charge >= 0.3 is 0 Å². The van der Waals surface area contributed by atoms with Crippen LogP contribution in [0, 0.1) is 17.1 Å². The summed E-state index contributed by atoms with van der Waals surface area (Å²) in [4.78, 5) is 11.2. The van der Waals surface area contributed by atoms with Crippen LogP contribution in [0.15, 0.2) is 23.1 Å². The standard InChI is InChI=1S/C13H14FN3O3S/c14-12-4-3-11(7-9(12)8-15)21(19,20)16-6-5-13(18)17-10-1-2-10/h3-4,7,10,16H,1-2,5-6H2,(H,17,18). The number of hydrogen-bond donors (Lipinski definition) is 2. The summed E-state index contributed by atoms with van der Waals surface area (Å²) in [6.07, 6.45) is 1.95. The van der Waals surface area contributed by atoms with Crippen LogP contribution in [0.5, 0.6) is 0 Å². The Morgan fingerprint density at radius 3 is 2.76 bits per heavy atom. The van der Waals surface area contributed by atoms with Crippen molar-refractivity contribution < 1.29 is 17.6 Å². The van der Waals surface area contributed by atoms with E-state index in [2.05, 4.69) is 10.0 Å². The van der Waals surface area contributed by atoms with E-state index in [4.69, 9.17) is 5.26 Å². The van der Waals surface area contributed by atoms with Gasteiger partial charge in [-0.1, -0.05) is 0 Å². The summed E-state index contributed by atoms with van der Waals surface area (Å²) in [5.74, 6) is -0.989. The van der Waals surface area contributed by atoms with E-state index in [1.165, 1.54) is 0 Å². The summed E-state index contributed by atoms with van der Waals surface area (Å²) >= 11 is 0. The molecule has 2 N–H and O–H groups in total. The molecule has 1 aliphatic carbocycles. The Kier molecular flexibility index (Phi) is 4.55. The Hall–Kier alpha value is -1.98. The number of nitrogens with one attached hydrogen (secondary N) is 2. The van der Waals surface area contributed by atoms with Gasteiger partial charge < -0.3 is 5.32 Å². The monoisotopic (exact) mass is 311 g/mol. The number of benzene rings is 1. The van der Waals surface area contributed by atoms with Gasteiger partial charge in [-0.05, 0) is 31.0 Å². The highest BCUT2D eigenvalue weighted by Crippen LogP contribution is 2.18. The Balaban J connectivity index is 1.94. The molecule has 0 heterocycles. The highest BCUT2D eigenvalue weighted by molar-refractivity contribution is 7.89. The second-order valence-corrected chi connectivity index (χ2v) is 6.51. The van der Waals surface area contributed by atoms with E-state index in [1.807, 2.05) is 0 Å². The van der Waals surface area contributed by atoms with E-state index < -0.39 is 15.8 Å². The third-order valence-corrected chi connectivity index (χ3v) is 4.41. The number of nitrogens with zero attached hydrogens (tertiary/aromatic N) is 1. The second-order valence-electron chi connectivity index (χ2n) is 4.74. The van der Waals surface area contributed by atoms with Crippen molar-refractivity contribution in [2.75, 3.05) is 6.54 Å². The van der Waals surface area contributed by atoms with Crippen molar-refractivity contribution in [3.63, 3.8) is 0 Å². The topological polar surface area (TPSA) is 99.1 Å². The van der Waals surface area contributed by atoms with E-state index >= 15 is 0 Å². The van der Waals surface area contributed by atoms with Crippen LogP contribution in [0.2, 0.25) is 0 Å². The van der Waals surface area contributed by atoms with Gasteiger partial charge in [0.05, 0.1) is 10.5 Å². The van der Waals surface area contributed by atoms with Crippen LogP contribution in [0.3, 0.4) is 0 Å². The van der Waals surface area contributed by atoms with Crippen LogP contribution < -0.4 is 10.0 Å². The lowest BCUT2D eigenvalue weighted by molar-refractivity contribution is -0.121. The predicted octanol–water partition coefficient (Wildman–Crippen LogP) is 0.644. The van der Waals surface area contributed by atoms with E-state index in [0.29, 0.717) is 0 Å². The molecule has 0 spiro atoms. The molecule has 2 rings (SSSR count). The van der Waals surface area contributed by atoms with Crippen LogP contribution in [0.25, 0.3) is 0 Å². The van der Waals surface area contributed by atoms with Crippen LogP contribution >= 0.6 is 0 Å². The zero-order chi connectivity index (χ0) is 15.5. The van der Waals surface area contributed by atoms with Crippen molar-refractivity contribution in [3.05, 3.63) is 29.6 Å². The molecule has 0 atom stereocenters. The summed E-state index contributed by atoms with van der Waals surface area (Å²) in [7, 11) is -3.87. The maximum Gasteiger partial charge on any atom is 0.240 e. The Labute approximate surface area is 122 Å². The van der Waals surface area contributed by atoms with Gasteiger partial charge in [0.1, 0.15) is 11.9 Å². The maximum absolute atomic E-state index is 13.2. The van der Waals surface area contributed by atoms with Gasteiger partial charge in [0.15, 0.2) is 0 Å². The minimum Gasteiger partial charge on any atom is -0.353 e. The van der Waals surface area contributed by atoms with Crippen LogP contribution in [-0.2, 0) is 14.8 Å². The normalized spacial score (nSPS) is 14.5. The second kappa shape index (κ2) is 6.20. The van der Waals surface area contributed by atoms with Crippen molar-refractivity contribution in [1.82, 2.24) is 10.0 Å². The Bertz CT molecular complexity index is 693. The first kappa shape index (κ1) is 15.4. The molecular weight excluding hydrogens is 297 g/mol. The Morgan fingerprint density at radius 2 is 2.14 bits per heavy atom. The quantitative estimate of drug-likeness (QED) is 0.805. The lowest BCUT2D eigenvalue weighted by atomic mass is 10.2. The zero-order valence-electron chi connectivity index (χ0n) is 11.1. The molecule has 112 valence electrons. The molecule has 6 nitrogen and oxygen atoms in total. The van der Waals surface area contributed by atoms with E-state index in [1.54, 1.807) is 6.07 Å². The molecular formula is C13H14FN3O3S. The van der Waals surface area contributed by atoms with Gasteiger partial charge in [0.2, 0.25) is 15.9 Å². The molecule has 0 bridgehead atoms. The number of carbonyl (C=O) groups is 1. The number of halogens is 1. The van der Waals surface area contributed by atoms with Crippen molar-refractivity contribution in [2.24, 2.45) is 0 Å². The van der Waals surface area contributed by atoms with Gasteiger partial charge in [-0.25, -0.2) is 17.5 Å². The largest absolute Gasteiger partial charge is 0.353 e. The molecule has 21 heavy (non-hydrogen) atoms. The number of nitriles is 1. The summed E-state index contributed by atoms with van der Waals surface area (Å²) in [6, 6.07) is 4.76. The number of carbonyl (C=O) groups excluding carboxylic acids is 1. The van der Waals surface area contributed by atoms with E-state index in [-0.39, 0.29) is 35.4 Å². The maximum atomic E-state index is 13.2. The number of amides is 1. The summed E-state index contributed by atoms with van der Waals surface area (Å²) in [6.45, 7) is -0.0554. The Morgan fingerprint density at radius 1 is 1.43 bits per heavy atom. The average molecular weight is 311 g/mol. The summed E-state index contributed by atoms with van der Waals surface area (Å²) in [5.41, 5.74) is -0.343. The van der Waals surface area contributed by atoms with E-state index in [0.717, 1.165) is 31.0 Å². The van der Waals surface area contributed by atoms with Gasteiger partial charge in [0, 0.05) is 19.0 Å². The molecule has 1 fully saturated rings. The third-order valence-electron chi connectivity index (χ3n) is 2.96. The average Bonchev–Trinajstić information content (AvgIpc) is 3.22. The van der Waals surface area contributed by atoms with Crippen molar-refractivity contribution >= 4 is 15.9 Å². The molecule has 0 aliphatic heterocycles. The van der Waals surface area contributed by atoms with Gasteiger partial charge in [-0.3, -0.25) is 4.79 Å². The smallest absolute Gasteiger partial charge is 0.240 e. The number of rotatable bonds is 6. The van der Waals surface area contributed by atoms with Crippen molar-refractivity contribution in [1.29, 1.82) is 5.26 Å². The van der Waals surface area contributed by atoms with E-state index in [9.17, 15) is 17.6 Å². The molecule has 1 aliphatic rings. The molecule has 8 heteroatoms. The summed E-state index contributed by atoms with van der Waals surface area (Å²) in [5, 5.41) is 11.4. The van der Waals surface area contributed by atoms with Crippen LogP contribution in [0.1, 0.15) is 24.8 Å². The first-order chi connectivity index (χ1) is 9.92. The third kappa shape index (κ3) is 4.24. The molecule has 0 saturated heterocycles. The molecule has 1 aromatic carbocycles. The highest BCUT2D eigenvalue weighted by Gasteiger charge is 2.23. The first-order valence-electron chi connectivity index (χ1n) is 6.41. The zero-order valence-corrected chi connectivity index (χ0v) is 11.9. The van der Waals surface area contributed by atoms with Crippen LogP contribution in [-0.4, -0.2) is 26.9 Å². The minimum atomic E-state index is -3.87. The molecule has 1 saturated carbocycles. The van der Waals surface area contributed by atoms with Gasteiger partial charge in [0.25, 0.3) is 0 Å². The van der Waals surface area contributed by atoms with Gasteiger partial charge in [-0.2, -0.15) is 5.26 Å².